The predicted octanol–water partition coefficient (Wildman–Crippen LogP) is 3.19. The number of aliphatic hydroxyl groups excluding tert-OH is 1. The van der Waals surface area contributed by atoms with Crippen LogP contribution in [0.1, 0.15) is 31.9 Å². The molecule has 0 aliphatic carbocycles. The molecule has 120 valence electrons. The predicted molar refractivity (Wildman–Crippen MR) is 89.2 cm³/mol. The summed E-state index contributed by atoms with van der Waals surface area (Å²) in [7, 11) is 1.67. The van der Waals surface area contributed by atoms with Crippen LogP contribution in [-0.2, 0) is 0 Å². The van der Waals surface area contributed by atoms with Gasteiger partial charge in [0.05, 0.1) is 13.2 Å². The van der Waals surface area contributed by atoms with Gasteiger partial charge in [-0.1, -0.05) is 13.8 Å². The second-order valence-electron chi connectivity index (χ2n) is 6.84. The standard InChI is InChI=1S/C18H26N2O2/c1-12-6-13(2)10-20(9-12)11-18(21)16-8-19-17-5-4-14(22-3)7-15(16)17/h4-5,7-8,12-13,18-19,21H,6,9-11H2,1-3H3/t12-,13-,18+/m0/s1. The Hall–Kier alpha value is -1.52. The number of piperidine rings is 1. The Labute approximate surface area is 132 Å². The Kier molecular flexibility index (Phi) is 4.41. The van der Waals surface area contributed by atoms with E-state index in [-0.39, 0.29) is 0 Å². The van der Waals surface area contributed by atoms with Gasteiger partial charge < -0.3 is 14.8 Å². The van der Waals surface area contributed by atoms with E-state index in [0.717, 1.165) is 35.3 Å². The first-order valence-corrected chi connectivity index (χ1v) is 8.12. The van der Waals surface area contributed by atoms with Crippen LogP contribution in [0.5, 0.6) is 5.75 Å². The highest BCUT2D eigenvalue weighted by atomic mass is 16.5. The maximum atomic E-state index is 10.7. The molecule has 2 aromatic rings. The molecule has 2 N–H and O–H groups in total. The number of H-pyrrole nitrogens is 1. The summed E-state index contributed by atoms with van der Waals surface area (Å²) in [6, 6.07) is 5.92. The third kappa shape index (κ3) is 3.13. The van der Waals surface area contributed by atoms with Crippen molar-refractivity contribution >= 4 is 10.9 Å². The molecule has 4 nitrogen and oxygen atoms in total. The molecule has 2 heterocycles. The van der Waals surface area contributed by atoms with Crippen molar-refractivity contribution in [2.24, 2.45) is 11.8 Å². The fraction of sp³-hybridized carbons (Fsp3) is 0.556. The summed E-state index contributed by atoms with van der Waals surface area (Å²) >= 11 is 0. The lowest BCUT2D eigenvalue weighted by atomic mass is 9.91. The lowest BCUT2D eigenvalue weighted by Crippen LogP contribution is -2.40. The van der Waals surface area contributed by atoms with Crippen molar-refractivity contribution in [1.82, 2.24) is 9.88 Å². The van der Waals surface area contributed by atoms with Crippen molar-refractivity contribution in [2.45, 2.75) is 26.4 Å². The molecule has 1 aliphatic rings. The summed E-state index contributed by atoms with van der Waals surface area (Å²) in [6.45, 7) is 7.44. The van der Waals surface area contributed by atoms with Gasteiger partial charge in [-0.3, -0.25) is 4.90 Å². The SMILES string of the molecule is COc1ccc2[nH]cc([C@H](O)CN3C[C@@H](C)C[C@H](C)C3)c2c1. The largest absolute Gasteiger partial charge is 0.497 e. The summed E-state index contributed by atoms with van der Waals surface area (Å²) in [5.41, 5.74) is 2.00. The molecule has 3 atom stereocenters. The van der Waals surface area contributed by atoms with E-state index in [1.54, 1.807) is 7.11 Å². The fourth-order valence-corrected chi connectivity index (χ4v) is 3.81. The Morgan fingerprint density at radius 2 is 2.05 bits per heavy atom. The molecular weight excluding hydrogens is 276 g/mol. The number of likely N-dealkylation sites (tertiary alicyclic amines) is 1. The van der Waals surface area contributed by atoms with Gasteiger partial charge in [-0.2, -0.15) is 0 Å². The molecule has 4 heteroatoms. The Morgan fingerprint density at radius 1 is 1.32 bits per heavy atom. The molecule has 22 heavy (non-hydrogen) atoms. The topological polar surface area (TPSA) is 48.5 Å². The minimum atomic E-state index is -0.474. The van der Waals surface area contributed by atoms with Crippen LogP contribution < -0.4 is 4.74 Å². The Morgan fingerprint density at radius 3 is 2.73 bits per heavy atom. The van der Waals surface area contributed by atoms with E-state index in [9.17, 15) is 5.11 Å². The molecule has 1 aliphatic heterocycles. The van der Waals surface area contributed by atoms with E-state index in [1.165, 1.54) is 6.42 Å². The van der Waals surface area contributed by atoms with Gasteiger partial charge >= 0.3 is 0 Å². The highest BCUT2D eigenvalue weighted by Gasteiger charge is 2.24. The number of rotatable bonds is 4. The number of fused-ring (bicyclic) bond motifs is 1. The van der Waals surface area contributed by atoms with Gasteiger partial charge in [-0.15, -0.1) is 0 Å². The number of aromatic amines is 1. The van der Waals surface area contributed by atoms with Crippen molar-refractivity contribution in [2.75, 3.05) is 26.7 Å². The average Bonchev–Trinajstić information content (AvgIpc) is 2.88. The van der Waals surface area contributed by atoms with Crippen LogP contribution in [0.15, 0.2) is 24.4 Å². The van der Waals surface area contributed by atoms with Crippen molar-refractivity contribution in [3.8, 4) is 5.75 Å². The smallest absolute Gasteiger partial charge is 0.119 e. The number of nitrogens with zero attached hydrogens (tertiary/aromatic N) is 1. The lowest BCUT2D eigenvalue weighted by Gasteiger charge is -2.36. The minimum Gasteiger partial charge on any atom is -0.497 e. The monoisotopic (exact) mass is 302 g/mol. The molecule has 1 aromatic carbocycles. The van der Waals surface area contributed by atoms with Gasteiger partial charge in [0.25, 0.3) is 0 Å². The summed E-state index contributed by atoms with van der Waals surface area (Å²) in [4.78, 5) is 5.63. The van der Waals surface area contributed by atoms with Crippen molar-refractivity contribution in [3.05, 3.63) is 30.0 Å². The molecule has 0 bridgehead atoms. The highest BCUT2D eigenvalue weighted by Crippen LogP contribution is 2.29. The molecule has 0 spiro atoms. The Bertz CT molecular complexity index is 627. The number of ether oxygens (including phenoxy) is 1. The highest BCUT2D eigenvalue weighted by molar-refractivity contribution is 5.85. The number of methoxy groups -OCH3 is 1. The van der Waals surface area contributed by atoms with Gasteiger partial charge in [0, 0.05) is 42.3 Å². The first kappa shape index (κ1) is 15.4. The normalized spacial score (nSPS) is 24.5. The first-order chi connectivity index (χ1) is 10.6. The van der Waals surface area contributed by atoms with Crippen molar-refractivity contribution in [3.63, 3.8) is 0 Å². The summed E-state index contributed by atoms with van der Waals surface area (Å²) in [6.07, 6.45) is 2.74. The van der Waals surface area contributed by atoms with Crippen LogP contribution in [0.3, 0.4) is 0 Å². The van der Waals surface area contributed by atoms with E-state index in [4.69, 9.17) is 4.74 Å². The van der Waals surface area contributed by atoms with Gasteiger partial charge in [-0.25, -0.2) is 0 Å². The van der Waals surface area contributed by atoms with Crippen LogP contribution in [0.25, 0.3) is 10.9 Å². The second-order valence-corrected chi connectivity index (χ2v) is 6.84. The van der Waals surface area contributed by atoms with E-state index >= 15 is 0 Å². The molecule has 1 fully saturated rings. The lowest BCUT2D eigenvalue weighted by molar-refractivity contribution is 0.0706. The first-order valence-electron chi connectivity index (χ1n) is 8.12. The molecule has 1 aromatic heterocycles. The van der Waals surface area contributed by atoms with Gasteiger partial charge in [0.15, 0.2) is 0 Å². The molecule has 0 radical (unpaired) electrons. The zero-order valence-electron chi connectivity index (χ0n) is 13.7. The van der Waals surface area contributed by atoms with Crippen molar-refractivity contribution < 1.29 is 9.84 Å². The fourth-order valence-electron chi connectivity index (χ4n) is 3.81. The van der Waals surface area contributed by atoms with Gasteiger partial charge in [-0.05, 0) is 36.5 Å². The van der Waals surface area contributed by atoms with Gasteiger partial charge in [0.1, 0.15) is 5.75 Å². The molecular formula is C18H26N2O2. The number of hydrogen-bond donors (Lipinski definition) is 2. The van der Waals surface area contributed by atoms with Crippen molar-refractivity contribution in [1.29, 1.82) is 0 Å². The Balaban J connectivity index is 1.78. The number of β-amino-alcohol motifs (C(OH)–C–C–N with tert-alkyl or cyclic N) is 1. The summed E-state index contributed by atoms with van der Waals surface area (Å²) < 4.78 is 5.30. The average molecular weight is 302 g/mol. The van der Waals surface area contributed by atoms with Gasteiger partial charge in [0.2, 0.25) is 0 Å². The van der Waals surface area contributed by atoms with E-state index in [2.05, 4.69) is 23.7 Å². The molecule has 0 amide bonds. The maximum absolute atomic E-state index is 10.7. The molecule has 3 rings (SSSR count). The van der Waals surface area contributed by atoms with Crippen LogP contribution in [0.4, 0.5) is 0 Å². The van der Waals surface area contributed by atoms with Crippen LogP contribution in [0.2, 0.25) is 0 Å². The van der Waals surface area contributed by atoms with Crippen LogP contribution in [0, 0.1) is 11.8 Å². The quantitative estimate of drug-likeness (QED) is 0.912. The summed E-state index contributed by atoms with van der Waals surface area (Å²) in [5.74, 6) is 2.23. The number of aromatic nitrogens is 1. The number of hydrogen-bond acceptors (Lipinski definition) is 3. The zero-order valence-corrected chi connectivity index (χ0v) is 13.7. The zero-order chi connectivity index (χ0) is 15.7. The number of benzene rings is 1. The minimum absolute atomic E-state index is 0.474. The van der Waals surface area contributed by atoms with E-state index in [0.29, 0.717) is 18.4 Å². The van der Waals surface area contributed by atoms with Crippen LogP contribution >= 0.6 is 0 Å². The molecule has 0 unspecified atom stereocenters. The van der Waals surface area contributed by atoms with E-state index in [1.807, 2.05) is 24.4 Å². The number of aliphatic hydroxyl groups is 1. The molecule has 0 saturated carbocycles. The summed E-state index contributed by atoms with van der Waals surface area (Å²) in [5, 5.41) is 11.7. The molecule has 1 saturated heterocycles. The second kappa shape index (κ2) is 6.31. The third-order valence-electron chi connectivity index (χ3n) is 4.66. The van der Waals surface area contributed by atoms with E-state index < -0.39 is 6.10 Å². The maximum Gasteiger partial charge on any atom is 0.119 e. The third-order valence-corrected chi connectivity index (χ3v) is 4.66. The van der Waals surface area contributed by atoms with Crippen LogP contribution in [-0.4, -0.2) is 41.7 Å². The number of nitrogens with one attached hydrogen (secondary N) is 1.